The summed E-state index contributed by atoms with van der Waals surface area (Å²) < 4.78 is 0. The second-order valence-electron chi connectivity index (χ2n) is 14.6. The van der Waals surface area contributed by atoms with Crippen molar-refractivity contribution >= 4 is 17.1 Å². The third-order valence-corrected chi connectivity index (χ3v) is 11.5. The molecule has 0 radical (unpaired) electrons. The van der Waals surface area contributed by atoms with Crippen LogP contribution in [0.5, 0.6) is 0 Å². The maximum absolute atomic E-state index is 2.54. The summed E-state index contributed by atoms with van der Waals surface area (Å²) in [7, 11) is 0. The zero-order valence-corrected chi connectivity index (χ0v) is 27.6. The summed E-state index contributed by atoms with van der Waals surface area (Å²) in [5.41, 5.74) is 14.7. The fourth-order valence-corrected chi connectivity index (χ4v) is 8.86. The molecule has 5 aromatic carbocycles. The molecular weight excluding hydrogens is 555 g/mol. The van der Waals surface area contributed by atoms with Crippen LogP contribution in [-0.4, -0.2) is 0 Å². The number of hydrogen-bond acceptors (Lipinski definition) is 1. The third-order valence-electron chi connectivity index (χ3n) is 11.5. The van der Waals surface area contributed by atoms with Crippen molar-refractivity contribution in [3.8, 4) is 22.3 Å². The standard InChI is InChI=1S/C45H47N/c1-45(2)42-21-13-12-20-39(42)41-30-40(36-18-10-5-11-19-36)44(31-43(41)45)46(37-26-22-34(23-27-37)32-14-6-3-7-15-32)38-28-24-35(25-29-38)33-16-8-4-9-17-33/h5,10-13,18-33H,3-4,6-9,14-17H2,1-2H3. The largest absolute Gasteiger partial charge is 0.310 e. The highest BCUT2D eigenvalue weighted by Crippen LogP contribution is 2.53. The molecule has 0 saturated heterocycles. The first-order valence-corrected chi connectivity index (χ1v) is 17.9. The molecule has 3 aliphatic rings. The quantitative estimate of drug-likeness (QED) is 0.187. The summed E-state index contributed by atoms with van der Waals surface area (Å²) in [6, 6.07) is 44.3. The Labute approximate surface area is 276 Å². The van der Waals surface area contributed by atoms with Crippen LogP contribution in [-0.2, 0) is 5.41 Å². The van der Waals surface area contributed by atoms with E-state index in [0.717, 1.165) is 0 Å². The van der Waals surface area contributed by atoms with Gasteiger partial charge in [0, 0.05) is 22.4 Å². The molecule has 0 bridgehead atoms. The van der Waals surface area contributed by atoms with Crippen LogP contribution >= 0.6 is 0 Å². The van der Waals surface area contributed by atoms with Gasteiger partial charge in [-0.1, -0.05) is 131 Å². The lowest BCUT2D eigenvalue weighted by Gasteiger charge is -2.31. The second-order valence-corrected chi connectivity index (χ2v) is 14.6. The van der Waals surface area contributed by atoms with E-state index in [1.54, 1.807) is 0 Å². The molecule has 1 nitrogen and oxygen atoms in total. The summed E-state index contributed by atoms with van der Waals surface area (Å²) in [6.07, 6.45) is 13.5. The van der Waals surface area contributed by atoms with Gasteiger partial charge in [-0.05, 0) is 113 Å². The summed E-state index contributed by atoms with van der Waals surface area (Å²) in [5, 5.41) is 0. The summed E-state index contributed by atoms with van der Waals surface area (Å²) in [5.74, 6) is 1.40. The van der Waals surface area contributed by atoms with Gasteiger partial charge in [-0.25, -0.2) is 0 Å². The van der Waals surface area contributed by atoms with E-state index < -0.39 is 0 Å². The Morgan fingerprint density at radius 2 is 1.00 bits per heavy atom. The molecule has 0 spiro atoms. The van der Waals surface area contributed by atoms with E-state index in [9.17, 15) is 0 Å². The highest BCUT2D eigenvalue weighted by molar-refractivity contribution is 5.94. The summed E-state index contributed by atoms with van der Waals surface area (Å²) in [4.78, 5) is 2.54. The average Bonchev–Trinajstić information content (AvgIpc) is 3.35. The van der Waals surface area contributed by atoms with Crippen molar-refractivity contribution in [2.75, 3.05) is 4.90 Å². The maximum atomic E-state index is 2.54. The number of anilines is 3. The molecule has 1 heteroatoms. The Morgan fingerprint density at radius 3 is 1.57 bits per heavy atom. The lowest BCUT2D eigenvalue weighted by atomic mass is 9.81. The van der Waals surface area contributed by atoms with E-state index in [1.165, 1.54) is 126 Å². The molecule has 0 atom stereocenters. The molecule has 232 valence electrons. The average molecular weight is 602 g/mol. The smallest absolute Gasteiger partial charge is 0.0543 e. The highest BCUT2D eigenvalue weighted by atomic mass is 15.1. The molecule has 5 aromatic rings. The monoisotopic (exact) mass is 601 g/mol. The Balaban J connectivity index is 1.30. The van der Waals surface area contributed by atoms with E-state index in [-0.39, 0.29) is 5.41 Å². The van der Waals surface area contributed by atoms with Gasteiger partial charge >= 0.3 is 0 Å². The molecule has 0 aromatic heterocycles. The van der Waals surface area contributed by atoms with Gasteiger partial charge in [-0.2, -0.15) is 0 Å². The van der Waals surface area contributed by atoms with Crippen LogP contribution in [0.15, 0.2) is 115 Å². The van der Waals surface area contributed by atoms with Gasteiger partial charge in [-0.15, -0.1) is 0 Å². The maximum Gasteiger partial charge on any atom is 0.0543 e. The van der Waals surface area contributed by atoms with E-state index in [4.69, 9.17) is 0 Å². The normalized spacial score (nSPS) is 17.8. The molecular formula is C45H47N. The van der Waals surface area contributed by atoms with Crippen molar-refractivity contribution in [2.45, 2.75) is 95.3 Å². The van der Waals surface area contributed by atoms with Crippen molar-refractivity contribution in [2.24, 2.45) is 0 Å². The number of benzene rings is 5. The molecule has 2 fully saturated rings. The molecule has 0 amide bonds. The number of fused-ring (bicyclic) bond motifs is 3. The van der Waals surface area contributed by atoms with Gasteiger partial charge in [-0.3, -0.25) is 0 Å². The zero-order chi connectivity index (χ0) is 31.1. The van der Waals surface area contributed by atoms with Crippen LogP contribution < -0.4 is 4.90 Å². The van der Waals surface area contributed by atoms with Gasteiger partial charge in [0.1, 0.15) is 0 Å². The molecule has 46 heavy (non-hydrogen) atoms. The first kappa shape index (κ1) is 29.3. The van der Waals surface area contributed by atoms with Gasteiger partial charge in [0.15, 0.2) is 0 Å². The molecule has 0 unspecified atom stereocenters. The second kappa shape index (κ2) is 12.3. The minimum atomic E-state index is -0.0722. The van der Waals surface area contributed by atoms with Crippen LogP contribution in [0.3, 0.4) is 0 Å². The fourth-order valence-electron chi connectivity index (χ4n) is 8.86. The zero-order valence-electron chi connectivity index (χ0n) is 27.6. The van der Waals surface area contributed by atoms with Crippen molar-refractivity contribution in [3.63, 3.8) is 0 Å². The first-order valence-electron chi connectivity index (χ1n) is 17.9. The Bertz CT molecular complexity index is 1740. The van der Waals surface area contributed by atoms with Crippen molar-refractivity contribution < 1.29 is 0 Å². The van der Waals surface area contributed by atoms with Gasteiger partial charge in [0.05, 0.1) is 5.69 Å². The SMILES string of the molecule is CC1(C)c2ccccc2-c2cc(-c3ccccc3)c(N(c3ccc(C4CCCCC4)cc3)c3ccc(C4CCCCC4)cc3)cc21. The lowest BCUT2D eigenvalue weighted by molar-refractivity contribution is 0.443. The van der Waals surface area contributed by atoms with Crippen LogP contribution in [0, 0.1) is 0 Å². The summed E-state index contributed by atoms with van der Waals surface area (Å²) in [6.45, 7) is 4.79. The van der Waals surface area contributed by atoms with E-state index in [2.05, 4.69) is 134 Å². The fraction of sp³-hybridized carbons (Fsp3) is 0.333. The number of nitrogens with zero attached hydrogens (tertiary/aromatic N) is 1. The van der Waals surface area contributed by atoms with Gasteiger partial charge in [0.2, 0.25) is 0 Å². The van der Waals surface area contributed by atoms with E-state index >= 15 is 0 Å². The number of rotatable bonds is 6. The van der Waals surface area contributed by atoms with Gasteiger partial charge in [0.25, 0.3) is 0 Å². The van der Waals surface area contributed by atoms with Gasteiger partial charge < -0.3 is 4.90 Å². The first-order chi connectivity index (χ1) is 22.6. The minimum Gasteiger partial charge on any atom is -0.310 e. The lowest BCUT2D eigenvalue weighted by Crippen LogP contribution is -2.17. The topological polar surface area (TPSA) is 3.24 Å². The molecule has 8 rings (SSSR count). The van der Waals surface area contributed by atoms with Crippen LogP contribution in [0.4, 0.5) is 17.1 Å². The Kier molecular flexibility index (Phi) is 7.81. The molecule has 2 saturated carbocycles. The predicted octanol–water partition coefficient (Wildman–Crippen LogP) is 13.2. The van der Waals surface area contributed by atoms with Crippen molar-refractivity contribution in [1.82, 2.24) is 0 Å². The van der Waals surface area contributed by atoms with E-state index in [1.807, 2.05) is 0 Å². The van der Waals surface area contributed by atoms with Crippen molar-refractivity contribution in [1.29, 1.82) is 0 Å². The molecule has 0 heterocycles. The molecule has 3 aliphatic carbocycles. The minimum absolute atomic E-state index is 0.0722. The number of hydrogen-bond donors (Lipinski definition) is 0. The highest BCUT2D eigenvalue weighted by Gasteiger charge is 2.37. The predicted molar refractivity (Wildman–Crippen MR) is 196 cm³/mol. The third kappa shape index (κ3) is 5.28. The Hall–Kier alpha value is -4.10. The van der Waals surface area contributed by atoms with E-state index in [0.29, 0.717) is 11.8 Å². The van der Waals surface area contributed by atoms with Crippen LogP contribution in [0.1, 0.15) is 112 Å². The molecule has 0 N–H and O–H groups in total. The molecule has 0 aliphatic heterocycles. The van der Waals surface area contributed by atoms with Crippen molar-refractivity contribution in [3.05, 3.63) is 138 Å². The van der Waals surface area contributed by atoms with Crippen LogP contribution in [0.2, 0.25) is 0 Å². The Morgan fingerprint density at radius 1 is 0.478 bits per heavy atom. The van der Waals surface area contributed by atoms with Crippen LogP contribution in [0.25, 0.3) is 22.3 Å². The summed E-state index contributed by atoms with van der Waals surface area (Å²) >= 11 is 0.